The van der Waals surface area contributed by atoms with Crippen molar-refractivity contribution in [2.24, 2.45) is 0 Å². The van der Waals surface area contributed by atoms with E-state index in [4.69, 9.17) is 0 Å². The zero-order valence-corrected chi connectivity index (χ0v) is 15.8. The van der Waals surface area contributed by atoms with Crippen LogP contribution in [0.1, 0.15) is 36.8 Å². The molecule has 0 spiro atoms. The van der Waals surface area contributed by atoms with Gasteiger partial charge in [-0.15, -0.1) is 0 Å². The number of rotatable bonds is 6. The molecule has 0 saturated heterocycles. The largest absolute Gasteiger partial charge is 0.465 e. The number of nitrogens with zero attached hydrogens (tertiary/aromatic N) is 2. The maximum Gasteiger partial charge on any atom is 0.407 e. The van der Waals surface area contributed by atoms with E-state index in [0.29, 0.717) is 19.5 Å². The highest BCUT2D eigenvalue weighted by Crippen LogP contribution is 2.29. The van der Waals surface area contributed by atoms with Gasteiger partial charge >= 0.3 is 12.2 Å². The summed E-state index contributed by atoms with van der Waals surface area (Å²) in [6.07, 6.45) is 0.937. The van der Waals surface area contributed by atoms with Crippen LogP contribution in [-0.4, -0.2) is 44.3 Å². The zero-order chi connectivity index (χ0) is 19.9. The molecule has 2 N–H and O–H groups in total. The first-order valence-electron chi connectivity index (χ1n) is 9.61. The Morgan fingerprint density at radius 1 is 0.750 bits per heavy atom. The number of benzene rings is 2. The average Bonchev–Trinajstić information content (AvgIpc) is 2.71. The predicted molar refractivity (Wildman–Crippen MR) is 106 cm³/mol. The lowest BCUT2D eigenvalue weighted by molar-refractivity contribution is 0.0672. The lowest BCUT2D eigenvalue weighted by Gasteiger charge is -2.40. The van der Waals surface area contributed by atoms with Crippen LogP contribution in [0.3, 0.4) is 0 Å². The van der Waals surface area contributed by atoms with E-state index in [0.717, 1.165) is 30.4 Å². The van der Waals surface area contributed by atoms with E-state index in [2.05, 4.69) is 0 Å². The number of carbonyl (C=O) groups is 2. The van der Waals surface area contributed by atoms with Crippen molar-refractivity contribution in [2.75, 3.05) is 0 Å². The molecule has 1 aliphatic carbocycles. The van der Waals surface area contributed by atoms with Crippen LogP contribution in [0.2, 0.25) is 0 Å². The van der Waals surface area contributed by atoms with Crippen LogP contribution < -0.4 is 0 Å². The van der Waals surface area contributed by atoms with Gasteiger partial charge in [-0.1, -0.05) is 60.7 Å². The molecule has 0 bridgehead atoms. The second-order valence-electron chi connectivity index (χ2n) is 7.27. The number of carboxylic acid groups (broad SMARTS) is 2. The highest BCUT2D eigenvalue weighted by atomic mass is 16.4. The smallest absolute Gasteiger partial charge is 0.407 e. The zero-order valence-electron chi connectivity index (χ0n) is 15.8. The lowest BCUT2D eigenvalue weighted by Crippen LogP contribution is -2.48. The van der Waals surface area contributed by atoms with Crippen LogP contribution in [0.4, 0.5) is 9.59 Å². The van der Waals surface area contributed by atoms with Gasteiger partial charge in [-0.3, -0.25) is 0 Å². The van der Waals surface area contributed by atoms with Crippen LogP contribution in [0.5, 0.6) is 0 Å². The van der Waals surface area contributed by atoms with Gasteiger partial charge in [-0.2, -0.15) is 0 Å². The van der Waals surface area contributed by atoms with Crippen molar-refractivity contribution in [1.82, 2.24) is 9.80 Å². The second-order valence-corrected chi connectivity index (χ2v) is 7.27. The SMILES string of the molecule is O=C(O)N(Cc1ccccc1)C1CCCC(N(Cc2ccccc2)C(=O)O)C1. The average molecular weight is 382 g/mol. The monoisotopic (exact) mass is 382 g/mol. The highest BCUT2D eigenvalue weighted by Gasteiger charge is 2.34. The first-order chi connectivity index (χ1) is 13.5. The van der Waals surface area contributed by atoms with E-state index in [1.165, 1.54) is 9.80 Å². The van der Waals surface area contributed by atoms with Crippen LogP contribution in [-0.2, 0) is 13.1 Å². The van der Waals surface area contributed by atoms with Crippen LogP contribution >= 0.6 is 0 Å². The van der Waals surface area contributed by atoms with Crippen molar-refractivity contribution in [3.63, 3.8) is 0 Å². The molecule has 6 nitrogen and oxygen atoms in total. The highest BCUT2D eigenvalue weighted by molar-refractivity contribution is 5.66. The molecule has 2 atom stereocenters. The summed E-state index contributed by atoms with van der Waals surface area (Å²) in [6, 6.07) is 18.7. The van der Waals surface area contributed by atoms with Gasteiger partial charge in [0.05, 0.1) is 0 Å². The minimum Gasteiger partial charge on any atom is -0.465 e. The Labute approximate surface area is 165 Å². The van der Waals surface area contributed by atoms with Gasteiger partial charge in [-0.25, -0.2) is 9.59 Å². The maximum atomic E-state index is 11.9. The summed E-state index contributed by atoms with van der Waals surface area (Å²) in [5, 5.41) is 19.5. The van der Waals surface area contributed by atoms with Gasteiger partial charge < -0.3 is 20.0 Å². The summed E-state index contributed by atoms with van der Waals surface area (Å²) >= 11 is 0. The van der Waals surface area contributed by atoms with E-state index in [-0.39, 0.29) is 12.1 Å². The fraction of sp³-hybridized carbons (Fsp3) is 0.364. The molecule has 0 radical (unpaired) electrons. The van der Waals surface area contributed by atoms with Crippen LogP contribution in [0.25, 0.3) is 0 Å². The first kappa shape index (κ1) is 19.7. The molecule has 0 aliphatic heterocycles. The summed E-state index contributed by atoms with van der Waals surface area (Å²) in [4.78, 5) is 26.7. The molecule has 2 aromatic carbocycles. The summed E-state index contributed by atoms with van der Waals surface area (Å²) in [5.74, 6) is 0. The fourth-order valence-electron chi connectivity index (χ4n) is 3.97. The van der Waals surface area contributed by atoms with Crippen molar-refractivity contribution >= 4 is 12.2 Å². The van der Waals surface area contributed by atoms with Crippen molar-refractivity contribution in [1.29, 1.82) is 0 Å². The minimum atomic E-state index is -0.959. The molecule has 28 heavy (non-hydrogen) atoms. The van der Waals surface area contributed by atoms with Crippen LogP contribution in [0.15, 0.2) is 60.7 Å². The Morgan fingerprint density at radius 2 is 1.14 bits per heavy atom. The molecule has 0 aromatic heterocycles. The third kappa shape index (κ3) is 5.03. The molecule has 3 rings (SSSR count). The first-order valence-corrected chi connectivity index (χ1v) is 9.61. The molecular weight excluding hydrogens is 356 g/mol. The van der Waals surface area contributed by atoms with E-state index in [1.807, 2.05) is 60.7 Å². The van der Waals surface area contributed by atoms with Crippen molar-refractivity contribution in [2.45, 2.75) is 50.9 Å². The molecule has 1 aliphatic rings. The number of hydrogen-bond acceptors (Lipinski definition) is 2. The van der Waals surface area contributed by atoms with Gasteiger partial charge in [0.15, 0.2) is 0 Å². The summed E-state index contributed by atoms with van der Waals surface area (Å²) in [7, 11) is 0. The molecule has 6 heteroatoms. The Balaban J connectivity index is 1.73. The van der Waals surface area contributed by atoms with Crippen LogP contribution in [0, 0.1) is 0 Å². The maximum absolute atomic E-state index is 11.9. The Bertz CT molecular complexity index is 716. The van der Waals surface area contributed by atoms with Gasteiger partial charge in [0, 0.05) is 25.2 Å². The van der Waals surface area contributed by atoms with Gasteiger partial charge in [0.2, 0.25) is 0 Å². The summed E-state index contributed by atoms with van der Waals surface area (Å²) < 4.78 is 0. The minimum absolute atomic E-state index is 0.186. The van der Waals surface area contributed by atoms with Crippen molar-refractivity contribution < 1.29 is 19.8 Å². The third-order valence-electron chi connectivity index (χ3n) is 5.38. The van der Waals surface area contributed by atoms with E-state index < -0.39 is 12.2 Å². The number of amides is 2. The van der Waals surface area contributed by atoms with E-state index >= 15 is 0 Å². The molecule has 1 saturated carbocycles. The molecular formula is C22H26N2O4. The van der Waals surface area contributed by atoms with Crippen molar-refractivity contribution in [3.05, 3.63) is 71.8 Å². The van der Waals surface area contributed by atoms with E-state index in [1.54, 1.807) is 0 Å². The van der Waals surface area contributed by atoms with Gasteiger partial charge in [0.1, 0.15) is 0 Å². The molecule has 2 unspecified atom stereocenters. The standard InChI is InChI=1S/C22H26N2O4/c25-21(26)23(15-17-8-3-1-4-9-17)19-12-7-13-20(14-19)24(22(27)28)16-18-10-5-2-6-11-18/h1-6,8-11,19-20H,7,12-16H2,(H,25,26)(H,27,28). The van der Waals surface area contributed by atoms with Gasteiger partial charge in [0.25, 0.3) is 0 Å². The topological polar surface area (TPSA) is 81.1 Å². The fourth-order valence-corrected chi connectivity index (χ4v) is 3.97. The Hall–Kier alpha value is -3.02. The number of hydrogen-bond donors (Lipinski definition) is 2. The normalized spacial score (nSPS) is 19.0. The molecule has 0 heterocycles. The predicted octanol–water partition coefficient (Wildman–Crippen LogP) is 4.66. The summed E-state index contributed by atoms with van der Waals surface area (Å²) in [5.41, 5.74) is 1.87. The second kappa shape index (κ2) is 9.26. The lowest BCUT2D eigenvalue weighted by atomic mass is 9.88. The molecule has 2 amide bonds. The Kier molecular flexibility index (Phi) is 6.53. The van der Waals surface area contributed by atoms with Crippen molar-refractivity contribution in [3.8, 4) is 0 Å². The molecule has 148 valence electrons. The molecule has 2 aromatic rings. The Morgan fingerprint density at radius 3 is 1.50 bits per heavy atom. The van der Waals surface area contributed by atoms with E-state index in [9.17, 15) is 19.8 Å². The summed E-state index contributed by atoms with van der Waals surface area (Å²) in [6.45, 7) is 0.638. The van der Waals surface area contributed by atoms with Gasteiger partial charge in [-0.05, 0) is 36.8 Å². The quantitative estimate of drug-likeness (QED) is 0.761. The third-order valence-corrected chi connectivity index (χ3v) is 5.38. The molecule has 1 fully saturated rings.